The summed E-state index contributed by atoms with van der Waals surface area (Å²) in [7, 11) is 0. The van der Waals surface area contributed by atoms with Gasteiger partial charge in [-0.05, 0) is 31.5 Å². The maximum atomic E-state index is 10.5. The molecule has 1 aromatic carbocycles. The minimum atomic E-state index is -0.630. The van der Waals surface area contributed by atoms with E-state index in [2.05, 4.69) is 29.1 Å². The maximum absolute atomic E-state index is 10.5. The summed E-state index contributed by atoms with van der Waals surface area (Å²) in [4.78, 5) is 4.30. The Morgan fingerprint density at radius 1 is 1.19 bits per heavy atom. The normalized spacial score (nSPS) is 12.7. The lowest BCUT2D eigenvalue weighted by atomic mass is 10.0. The van der Waals surface area contributed by atoms with Crippen LogP contribution in [0.25, 0.3) is 10.9 Å². The molecule has 3 aromatic rings. The minimum Gasteiger partial charge on any atom is -0.386 e. The summed E-state index contributed by atoms with van der Waals surface area (Å²) in [6.45, 7) is 4.86. The van der Waals surface area contributed by atoms with E-state index >= 15 is 0 Å². The van der Waals surface area contributed by atoms with Crippen LogP contribution in [0.2, 0.25) is 0 Å². The van der Waals surface area contributed by atoms with Gasteiger partial charge >= 0.3 is 0 Å². The molecular formula is C17H19N3O. The van der Waals surface area contributed by atoms with Crippen molar-refractivity contribution in [3.63, 3.8) is 0 Å². The lowest BCUT2D eigenvalue weighted by molar-refractivity contribution is 0.171. The molecule has 21 heavy (non-hydrogen) atoms. The average Bonchev–Trinajstić information content (AvgIpc) is 2.86. The number of aryl methyl sites for hydroxylation is 2. The Bertz CT molecular complexity index is 764. The van der Waals surface area contributed by atoms with Crippen LogP contribution in [-0.4, -0.2) is 19.9 Å². The van der Waals surface area contributed by atoms with E-state index in [1.807, 2.05) is 35.9 Å². The molecule has 2 heterocycles. The fourth-order valence-corrected chi connectivity index (χ4v) is 2.71. The Morgan fingerprint density at radius 2 is 2.00 bits per heavy atom. The Balaban J connectivity index is 1.97. The second kappa shape index (κ2) is 5.66. The number of nitrogens with zero attached hydrogens (tertiary/aromatic N) is 3. The number of aliphatic hydroxyl groups excluding tert-OH is 1. The van der Waals surface area contributed by atoms with Crippen LogP contribution in [0.1, 0.15) is 30.0 Å². The fourth-order valence-electron chi connectivity index (χ4n) is 2.71. The van der Waals surface area contributed by atoms with Crippen molar-refractivity contribution in [3.8, 4) is 0 Å². The Labute approximate surface area is 124 Å². The van der Waals surface area contributed by atoms with E-state index in [0.717, 1.165) is 34.4 Å². The van der Waals surface area contributed by atoms with E-state index in [1.165, 1.54) is 0 Å². The number of rotatable bonds is 4. The van der Waals surface area contributed by atoms with E-state index in [0.29, 0.717) is 6.42 Å². The monoisotopic (exact) mass is 281 g/mol. The lowest BCUT2D eigenvalue weighted by Gasteiger charge is -2.11. The van der Waals surface area contributed by atoms with Crippen LogP contribution in [0.3, 0.4) is 0 Å². The van der Waals surface area contributed by atoms with Gasteiger partial charge in [0.2, 0.25) is 0 Å². The van der Waals surface area contributed by atoms with Crippen molar-refractivity contribution in [1.29, 1.82) is 0 Å². The number of aliphatic hydroxyl groups is 1. The van der Waals surface area contributed by atoms with Crippen molar-refractivity contribution in [2.45, 2.75) is 32.9 Å². The fraction of sp³-hybridized carbons (Fsp3) is 0.294. The topological polar surface area (TPSA) is 50.9 Å². The Kier molecular flexibility index (Phi) is 3.71. The van der Waals surface area contributed by atoms with Gasteiger partial charge in [-0.1, -0.05) is 24.3 Å². The molecule has 1 unspecified atom stereocenters. The molecular weight excluding hydrogens is 262 g/mol. The number of fused-ring (bicyclic) bond motifs is 1. The third-order valence-corrected chi connectivity index (χ3v) is 3.79. The molecule has 4 nitrogen and oxygen atoms in total. The first kappa shape index (κ1) is 13.8. The number of pyridine rings is 1. The van der Waals surface area contributed by atoms with E-state index in [1.54, 1.807) is 6.20 Å². The van der Waals surface area contributed by atoms with Gasteiger partial charge in [-0.3, -0.25) is 9.67 Å². The summed E-state index contributed by atoms with van der Waals surface area (Å²) in [5, 5.41) is 16.2. The Hall–Kier alpha value is -2.20. The number of hydrogen-bond donors (Lipinski definition) is 1. The van der Waals surface area contributed by atoms with Crippen molar-refractivity contribution in [1.82, 2.24) is 14.8 Å². The zero-order valence-electron chi connectivity index (χ0n) is 12.3. The van der Waals surface area contributed by atoms with E-state index < -0.39 is 6.10 Å². The van der Waals surface area contributed by atoms with Gasteiger partial charge in [-0.15, -0.1) is 0 Å². The maximum Gasteiger partial charge on any atom is 0.102 e. The Morgan fingerprint density at radius 3 is 2.76 bits per heavy atom. The van der Waals surface area contributed by atoms with Crippen LogP contribution < -0.4 is 0 Å². The van der Waals surface area contributed by atoms with Crippen LogP contribution in [0.4, 0.5) is 0 Å². The molecule has 0 fully saturated rings. The molecule has 0 bridgehead atoms. The van der Waals surface area contributed by atoms with Gasteiger partial charge in [0.05, 0.1) is 16.9 Å². The zero-order valence-corrected chi connectivity index (χ0v) is 12.3. The number of benzene rings is 1. The average molecular weight is 281 g/mol. The smallest absolute Gasteiger partial charge is 0.102 e. The van der Waals surface area contributed by atoms with Crippen molar-refractivity contribution < 1.29 is 5.11 Å². The molecule has 0 radical (unpaired) electrons. The lowest BCUT2D eigenvalue weighted by Crippen LogP contribution is -2.07. The van der Waals surface area contributed by atoms with Crippen molar-refractivity contribution in [2.24, 2.45) is 0 Å². The standard InChI is InChI=1S/C17H19N3O/c1-3-20-15-9-5-4-8-13(15)14(19-20)11-16(21)17-12(2)7-6-10-18-17/h4-10,16,21H,3,11H2,1-2H3. The van der Waals surface area contributed by atoms with Crippen LogP contribution in [0.5, 0.6) is 0 Å². The molecule has 1 atom stereocenters. The summed E-state index contributed by atoms with van der Waals surface area (Å²) < 4.78 is 1.97. The molecule has 0 saturated heterocycles. The van der Waals surface area contributed by atoms with E-state index in [4.69, 9.17) is 0 Å². The summed E-state index contributed by atoms with van der Waals surface area (Å²) in [6, 6.07) is 12.0. The van der Waals surface area contributed by atoms with Crippen molar-refractivity contribution >= 4 is 10.9 Å². The van der Waals surface area contributed by atoms with E-state index in [-0.39, 0.29) is 0 Å². The molecule has 0 amide bonds. The highest BCUT2D eigenvalue weighted by atomic mass is 16.3. The van der Waals surface area contributed by atoms with Gasteiger partial charge in [0.1, 0.15) is 6.10 Å². The molecule has 4 heteroatoms. The van der Waals surface area contributed by atoms with Gasteiger partial charge in [0.25, 0.3) is 0 Å². The summed E-state index contributed by atoms with van der Waals surface area (Å²) >= 11 is 0. The van der Waals surface area contributed by atoms with Crippen LogP contribution >= 0.6 is 0 Å². The first-order chi connectivity index (χ1) is 10.2. The largest absolute Gasteiger partial charge is 0.386 e. The van der Waals surface area contributed by atoms with Crippen LogP contribution in [-0.2, 0) is 13.0 Å². The molecule has 0 aliphatic heterocycles. The quantitative estimate of drug-likeness (QED) is 0.799. The first-order valence-corrected chi connectivity index (χ1v) is 7.24. The molecule has 1 N–H and O–H groups in total. The SMILES string of the molecule is CCn1nc(CC(O)c2ncccc2C)c2ccccc21. The predicted octanol–water partition coefficient (Wildman–Crippen LogP) is 3.04. The van der Waals surface area contributed by atoms with Crippen LogP contribution in [0.15, 0.2) is 42.6 Å². The molecule has 0 spiro atoms. The summed E-state index contributed by atoms with van der Waals surface area (Å²) in [5.74, 6) is 0. The van der Waals surface area contributed by atoms with Gasteiger partial charge < -0.3 is 5.11 Å². The van der Waals surface area contributed by atoms with Gasteiger partial charge in [0.15, 0.2) is 0 Å². The minimum absolute atomic E-state index is 0.478. The molecule has 2 aromatic heterocycles. The van der Waals surface area contributed by atoms with Gasteiger partial charge in [-0.25, -0.2) is 0 Å². The number of aromatic nitrogens is 3. The van der Waals surface area contributed by atoms with E-state index in [9.17, 15) is 5.11 Å². The summed E-state index contributed by atoms with van der Waals surface area (Å²) in [5.41, 5.74) is 3.77. The second-order valence-corrected chi connectivity index (χ2v) is 5.21. The van der Waals surface area contributed by atoms with Crippen molar-refractivity contribution in [3.05, 3.63) is 59.5 Å². The zero-order chi connectivity index (χ0) is 14.8. The van der Waals surface area contributed by atoms with Gasteiger partial charge in [0, 0.05) is 24.5 Å². The van der Waals surface area contributed by atoms with Gasteiger partial charge in [-0.2, -0.15) is 5.10 Å². The number of hydrogen-bond acceptors (Lipinski definition) is 3. The second-order valence-electron chi connectivity index (χ2n) is 5.21. The highest BCUT2D eigenvalue weighted by Gasteiger charge is 2.17. The summed E-state index contributed by atoms with van der Waals surface area (Å²) in [6.07, 6.45) is 1.56. The number of para-hydroxylation sites is 1. The third-order valence-electron chi connectivity index (χ3n) is 3.79. The molecule has 0 aliphatic carbocycles. The first-order valence-electron chi connectivity index (χ1n) is 7.24. The highest BCUT2D eigenvalue weighted by Crippen LogP contribution is 2.24. The highest BCUT2D eigenvalue weighted by molar-refractivity contribution is 5.82. The molecule has 3 rings (SSSR count). The third kappa shape index (κ3) is 2.54. The molecule has 0 saturated carbocycles. The molecule has 0 aliphatic rings. The van der Waals surface area contributed by atoms with Crippen molar-refractivity contribution in [2.75, 3.05) is 0 Å². The molecule has 108 valence electrons. The van der Waals surface area contributed by atoms with Crippen LogP contribution in [0, 0.1) is 6.92 Å². The predicted molar refractivity (Wildman–Crippen MR) is 83.0 cm³/mol.